The van der Waals surface area contributed by atoms with Gasteiger partial charge >= 0.3 is 7.82 Å². The minimum absolute atomic E-state index is 0.0785. The molecule has 0 heterocycles. The smallest absolute Gasteiger partial charge is 0.391 e. The molecule has 0 aliphatic heterocycles. The lowest BCUT2D eigenvalue weighted by Crippen LogP contribution is -2.46. The highest BCUT2D eigenvalue weighted by Gasteiger charge is 2.28. The van der Waals surface area contributed by atoms with E-state index < -0.39 is 20.0 Å². The Labute approximate surface area is 507 Å². The van der Waals surface area contributed by atoms with Crippen molar-refractivity contribution in [1.29, 1.82) is 0 Å². The van der Waals surface area contributed by atoms with Gasteiger partial charge in [0.05, 0.1) is 39.9 Å². The third-order valence-corrected chi connectivity index (χ3v) is 18.2. The molecule has 8 nitrogen and oxygen atoms in total. The van der Waals surface area contributed by atoms with Gasteiger partial charge in [-0.3, -0.25) is 13.8 Å². The number of rotatable bonds is 69. The lowest BCUT2D eigenvalue weighted by molar-refractivity contribution is -0.870. The standard InChI is InChI=1S/C72H145N2O6P/c1-6-8-10-12-14-16-18-20-22-24-26-28-30-32-34-36-37-38-40-42-44-46-48-50-52-54-56-58-60-62-64-66-72(76)73-70(69-80-81(77,78)79-68-67-74(3,4)5)71(75)65-63-61-59-57-55-53-51-49-47-45-43-41-39-35-33-31-29-27-25-23-21-19-17-15-13-11-9-7-2/h24,26,70-71,75H,6-23,25,27-69H2,1-5H3,(H-,73,76,77,78)/p+1/b26-24-. The molecule has 81 heavy (non-hydrogen) atoms. The van der Waals surface area contributed by atoms with Gasteiger partial charge in [0.15, 0.2) is 0 Å². The topological polar surface area (TPSA) is 105 Å². The Hall–Kier alpha value is -0.760. The minimum Gasteiger partial charge on any atom is -0.391 e. The summed E-state index contributed by atoms with van der Waals surface area (Å²) < 4.78 is 23.9. The zero-order chi connectivity index (χ0) is 59.1. The number of unbranched alkanes of at least 4 members (excludes halogenated alkanes) is 54. The van der Waals surface area contributed by atoms with Crippen molar-refractivity contribution in [3.05, 3.63) is 12.2 Å². The highest BCUT2D eigenvalue weighted by Crippen LogP contribution is 2.43. The van der Waals surface area contributed by atoms with Crippen molar-refractivity contribution >= 4 is 13.7 Å². The number of phosphoric acid groups is 1. The van der Waals surface area contributed by atoms with E-state index in [9.17, 15) is 19.4 Å². The summed E-state index contributed by atoms with van der Waals surface area (Å²) in [5.74, 6) is -0.134. The van der Waals surface area contributed by atoms with E-state index in [1.807, 2.05) is 21.1 Å². The summed E-state index contributed by atoms with van der Waals surface area (Å²) in [6.45, 7) is 4.96. The zero-order valence-corrected chi connectivity index (χ0v) is 56.5. The number of carbonyl (C=O) groups excluding carboxylic acids is 1. The minimum atomic E-state index is -4.33. The van der Waals surface area contributed by atoms with Crippen LogP contribution in [0.4, 0.5) is 0 Å². The second kappa shape index (κ2) is 63.7. The monoisotopic (exact) mass is 1170 g/mol. The third kappa shape index (κ3) is 66.6. The molecule has 0 radical (unpaired) electrons. The van der Waals surface area contributed by atoms with E-state index in [2.05, 4.69) is 31.3 Å². The van der Waals surface area contributed by atoms with Crippen molar-refractivity contribution in [3.63, 3.8) is 0 Å². The van der Waals surface area contributed by atoms with Gasteiger partial charge in [-0.25, -0.2) is 4.57 Å². The number of allylic oxidation sites excluding steroid dienone is 2. The molecule has 0 aromatic carbocycles. The molecule has 1 amide bonds. The molecular formula is C72H146N2O6P+. The van der Waals surface area contributed by atoms with Gasteiger partial charge in [0.1, 0.15) is 13.2 Å². The van der Waals surface area contributed by atoms with Crippen LogP contribution in [0.25, 0.3) is 0 Å². The summed E-state index contributed by atoms with van der Waals surface area (Å²) in [5.41, 5.74) is 0. The van der Waals surface area contributed by atoms with Crippen LogP contribution in [0.2, 0.25) is 0 Å². The fraction of sp³-hybridized carbons (Fsp3) is 0.958. The van der Waals surface area contributed by atoms with E-state index in [1.54, 1.807) is 0 Å². The number of aliphatic hydroxyl groups is 1. The van der Waals surface area contributed by atoms with Crippen molar-refractivity contribution in [1.82, 2.24) is 5.32 Å². The Morgan fingerprint density at radius 3 is 0.951 bits per heavy atom. The molecule has 0 bridgehead atoms. The average molecular weight is 1170 g/mol. The number of hydrogen-bond donors (Lipinski definition) is 3. The Morgan fingerprint density at radius 1 is 0.407 bits per heavy atom. The van der Waals surface area contributed by atoms with E-state index >= 15 is 0 Å². The number of aliphatic hydroxyl groups excluding tert-OH is 1. The van der Waals surface area contributed by atoms with Crippen LogP contribution in [-0.4, -0.2) is 73.4 Å². The number of nitrogens with one attached hydrogen (secondary N) is 1. The highest BCUT2D eigenvalue weighted by molar-refractivity contribution is 7.47. The van der Waals surface area contributed by atoms with Gasteiger partial charge in [-0.2, -0.15) is 0 Å². The number of likely N-dealkylation sites (N-methyl/N-ethyl adjacent to an activating group) is 1. The molecule has 3 unspecified atom stereocenters. The molecular weight excluding hydrogens is 1020 g/mol. The predicted octanol–water partition coefficient (Wildman–Crippen LogP) is 23.3. The van der Waals surface area contributed by atoms with Crippen molar-refractivity contribution in [2.24, 2.45) is 0 Å². The molecule has 0 saturated heterocycles. The van der Waals surface area contributed by atoms with Crippen LogP contribution in [0.1, 0.15) is 393 Å². The number of phosphoric ester groups is 1. The van der Waals surface area contributed by atoms with E-state index in [4.69, 9.17) is 9.05 Å². The Bertz CT molecular complexity index is 1320. The van der Waals surface area contributed by atoms with E-state index in [-0.39, 0.29) is 19.1 Å². The quantitative estimate of drug-likeness (QED) is 0.0243. The fourth-order valence-corrected chi connectivity index (χ4v) is 12.3. The first kappa shape index (κ1) is 80.2. The first-order valence-electron chi connectivity index (χ1n) is 36.6. The summed E-state index contributed by atoms with van der Waals surface area (Å²) in [6.07, 6.45) is 81.9. The first-order chi connectivity index (χ1) is 39.5. The van der Waals surface area contributed by atoms with Crippen LogP contribution in [0.3, 0.4) is 0 Å². The second-order valence-electron chi connectivity index (χ2n) is 26.7. The van der Waals surface area contributed by atoms with Gasteiger partial charge in [-0.1, -0.05) is 360 Å². The van der Waals surface area contributed by atoms with E-state index in [0.717, 1.165) is 38.5 Å². The molecule has 3 atom stereocenters. The summed E-state index contributed by atoms with van der Waals surface area (Å²) in [7, 11) is 1.64. The number of nitrogens with zero attached hydrogens (tertiary/aromatic N) is 1. The lowest BCUT2D eigenvalue weighted by Gasteiger charge is -2.26. The molecule has 0 rings (SSSR count). The summed E-state index contributed by atoms with van der Waals surface area (Å²) in [5, 5.41) is 14.2. The van der Waals surface area contributed by atoms with Crippen LogP contribution < -0.4 is 5.32 Å². The van der Waals surface area contributed by atoms with Crippen molar-refractivity contribution in [2.75, 3.05) is 40.9 Å². The van der Waals surface area contributed by atoms with Crippen molar-refractivity contribution < 1.29 is 32.9 Å². The average Bonchev–Trinajstić information content (AvgIpc) is 3.43. The molecule has 484 valence electrons. The second-order valence-corrected chi connectivity index (χ2v) is 28.1. The van der Waals surface area contributed by atoms with Crippen LogP contribution in [-0.2, 0) is 18.4 Å². The van der Waals surface area contributed by atoms with Crippen LogP contribution in [0.5, 0.6) is 0 Å². The predicted molar refractivity (Wildman–Crippen MR) is 355 cm³/mol. The lowest BCUT2D eigenvalue weighted by atomic mass is 10.0. The molecule has 3 N–H and O–H groups in total. The number of amides is 1. The van der Waals surface area contributed by atoms with Crippen LogP contribution in [0.15, 0.2) is 12.2 Å². The van der Waals surface area contributed by atoms with Gasteiger partial charge in [-0.05, 0) is 38.5 Å². The maximum atomic E-state index is 13.1. The SMILES string of the molecule is CCCCCCCCCC/C=C\CCCCCCCCCCCCCCCCCCCCCC(=O)NC(COP(=O)(O)OCC[N+](C)(C)C)C(O)CCCCCCCCCCCCCCCCCCCCCCCCCCCCCC. The molecule has 0 aliphatic carbocycles. The molecule has 0 aromatic rings. The number of hydrogen-bond acceptors (Lipinski definition) is 5. The maximum Gasteiger partial charge on any atom is 0.472 e. The largest absolute Gasteiger partial charge is 0.472 e. The zero-order valence-electron chi connectivity index (χ0n) is 55.6. The molecule has 0 aromatic heterocycles. The fourth-order valence-electron chi connectivity index (χ4n) is 11.6. The highest BCUT2D eigenvalue weighted by atomic mass is 31.2. The summed E-state index contributed by atoms with van der Waals surface area (Å²) in [4.78, 5) is 23.5. The molecule has 0 spiro atoms. The van der Waals surface area contributed by atoms with Crippen molar-refractivity contribution in [2.45, 2.75) is 405 Å². The van der Waals surface area contributed by atoms with Gasteiger partial charge in [0.25, 0.3) is 0 Å². The summed E-state index contributed by atoms with van der Waals surface area (Å²) >= 11 is 0. The molecule has 0 aliphatic rings. The Balaban J connectivity index is 3.97. The maximum absolute atomic E-state index is 13.1. The summed E-state index contributed by atoms with van der Waals surface area (Å²) in [6, 6.07) is -0.759. The van der Waals surface area contributed by atoms with Gasteiger partial charge in [0, 0.05) is 6.42 Å². The van der Waals surface area contributed by atoms with E-state index in [1.165, 1.54) is 327 Å². The number of carbonyl (C=O) groups is 1. The first-order valence-corrected chi connectivity index (χ1v) is 38.0. The van der Waals surface area contributed by atoms with Gasteiger partial charge in [-0.15, -0.1) is 0 Å². The molecule has 0 saturated carbocycles. The normalized spacial score (nSPS) is 13.6. The number of quaternary nitrogens is 1. The van der Waals surface area contributed by atoms with Crippen LogP contribution >= 0.6 is 7.82 Å². The molecule has 9 heteroatoms. The van der Waals surface area contributed by atoms with Crippen molar-refractivity contribution in [3.8, 4) is 0 Å². The third-order valence-electron chi connectivity index (χ3n) is 17.3. The molecule has 0 fully saturated rings. The van der Waals surface area contributed by atoms with E-state index in [0.29, 0.717) is 23.9 Å². The van der Waals surface area contributed by atoms with Crippen LogP contribution in [0, 0.1) is 0 Å². The van der Waals surface area contributed by atoms with Gasteiger partial charge < -0.3 is 19.8 Å². The Morgan fingerprint density at radius 2 is 0.667 bits per heavy atom. The Kier molecular flexibility index (Phi) is 63.1. The van der Waals surface area contributed by atoms with Gasteiger partial charge in [0.2, 0.25) is 5.91 Å².